The Morgan fingerprint density at radius 3 is 2.63 bits per heavy atom. The average Bonchev–Trinajstić information content (AvgIpc) is 2.79. The van der Waals surface area contributed by atoms with Crippen LogP contribution in [0.3, 0.4) is 0 Å². The van der Waals surface area contributed by atoms with E-state index in [0.29, 0.717) is 6.42 Å². The molecule has 1 aromatic heterocycles. The average molecular weight is 258 g/mol. The van der Waals surface area contributed by atoms with Crippen molar-refractivity contribution < 1.29 is 5.11 Å². The largest absolute Gasteiger partial charge is 0.385 e. The van der Waals surface area contributed by atoms with Gasteiger partial charge in [-0.25, -0.2) is 4.98 Å². The lowest BCUT2D eigenvalue weighted by Gasteiger charge is -2.24. The Labute approximate surface area is 114 Å². The molecule has 0 aliphatic rings. The van der Waals surface area contributed by atoms with Gasteiger partial charge in [-0.3, -0.25) is 0 Å². The molecule has 19 heavy (non-hydrogen) atoms. The van der Waals surface area contributed by atoms with Crippen LogP contribution in [0.1, 0.15) is 36.4 Å². The number of imidazole rings is 1. The van der Waals surface area contributed by atoms with Crippen molar-refractivity contribution in [2.24, 2.45) is 0 Å². The lowest BCUT2D eigenvalue weighted by Crippen LogP contribution is -2.26. The van der Waals surface area contributed by atoms with E-state index in [1.807, 2.05) is 19.2 Å². The number of aliphatic hydroxyl groups is 1. The first-order valence-corrected chi connectivity index (χ1v) is 6.74. The Kier molecular flexibility index (Phi) is 3.76. The summed E-state index contributed by atoms with van der Waals surface area (Å²) in [4.78, 5) is 4.34. The lowest BCUT2D eigenvalue weighted by atomic mass is 9.90. The Morgan fingerprint density at radius 1 is 1.26 bits per heavy atom. The maximum Gasteiger partial charge on any atom is 0.111 e. The summed E-state index contributed by atoms with van der Waals surface area (Å²) in [5.74, 6) is 0.922. The fourth-order valence-corrected chi connectivity index (χ4v) is 2.28. The quantitative estimate of drug-likeness (QED) is 0.915. The normalized spacial score (nSPS) is 14.4. The third-order valence-corrected chi connectivity index (χ3v) is 3.77. The van der Waals surface area contributed by atoms with E-state index in [2.05, 4.69) is 42.5 Å². The summed E-state index contributed by atoms with van der Waals surface area (Å²) in [6.45, 7) is 8.96. The zero-order valence-corrected chi connectivity index (χ0v) is 12.1. The highest BCUT2D eigenvalue weighted by molar-refractivity contribution is 5.33. The molecule has 0 aliphatic heterocycles. The van der Waals surface area contributed by atoms with E-state index in [4.69, 9.17) is 0 Å². The van der Waals surface area contributed by atoms with Crippen LogP contribution in [0.5, 0.6) is 0 Å². The van der Waals surface area contributed by atoms with E-state index in [-0.39, 0.29) is 0 Å². The van der Waals surface area contributed by atoms with E-state index in [1.165, 1.54) is 11.1 Å². The summed E-state index contributed by atoms with van der Waals surface area (Å²) in [5, 5.41) is 10.7. The van der Waals surface area contributed by atoms with Crippen molar-refractivity contribution in [1.82, 2.24) is 9.55 Å². The zero-order valence-electron chi connectivity index (χ0n) is 12.1. The van der Waals surface area contributed by atoms with E-state index < -0.39 is 5.60 Å². The number of aromatic nitrogens is 2. The molecule has 3 heteroatoms. The van der Waals surface area contributed by atoms with Gasteiger partial charge in [0.1, 0.15) is 5.82 Å². The van der Waals surface area contributed by atoms with Gasteiger partial charge < -0.3 is 9.67 Å². The highest BCUT2D eigenvalue weighted by Gasteiger charge is 2.25. The summed E-state index contributed by atoms with van der Waals surface area (Å²) in [6.07, 6.45) is 4.26. The van der Waals surface area contributed by atoms with Gasteiger partial charge in [-0.05, 0) is 44.4 Å². The first-order valence-electron chi connectivity index (χ1n) is 6.74. The Balaban J connectivity index is 2.29. The van der Waals surface area contributed by atoms with Crippen molar-refractivity contribution >= 4 is 0 Å². The van der Waals surface area contributed by atoms with Gasteiger partial charge in [-0.15, -0.1) is 0 Å². The maximum absolute atomic E-state index is 10.7. The zero-order chi connectivity index (χ0) is 14.0. The Hall–Kier alpha value is -1.61. The van der Waals surface area contributed by atoms with Crippen molar-refractivity contribution in [3.05, 3.63) is 53.1 Å². The van der Waals surface area contributed by atoms with Gasteiger partial charge in [0.15, 0.2) is 0 Å². The van der Waals surface area contributed by atoms with Crippen LogP contribution in [-0.4, -0.2) is 14.7 Å². The third kappa shape index (κ3) is 2.87. The highest BCUT2D eigenvalue weighted by atomic mass is 16.3. The third-order valence-electron chi connectivity index (χ3n) is 3.77. The van der Waals surface area contributed by atoms with E-state index in [1.54, 1.807) is 6.20 Å². The molecule has 2 rings (SSSR count). The summed E-state index contributed by atoms with van der Waals surface area (Å²) in [6, 6.07) is 6.13. The second-order valence-corrected chi connectivity index (χ2v) is 5.38. The first kappa shape index (κ1) is 13.8. The maximum atomic E-state index is 10.7. The molecule has 1 atom stereocenters. The molecule has 1 N–H and O–H groups in total. The van der Waals surface area contributed by atoms with Gasteiger partial charge in [-0.1, -0.05) is 18.2 Å². The molecular weight excluding hydrogens is 236 g/mol. The Bertz CT molecular complexity index is 570. The smallest absolute Gasteiger partial charge is 0.111 e. The fourth-order valence-electron chi connectivity index (χ4n) is 2.28. The minimum Gasteiger partial charge on any atom is -0.385 e. The predicted octanol–water partition coefficient (Wildman–Crippen LogP) is 2.97. The van der Waals surface area contributed by atoms with E-state index in [9.17, 15) is 5.11 Å². The van der Waals surface area contributed by atoms with Gasteiger partial charge >= 0.3 is 0 Å². The molecule has 0 amide bonds. The Morgan fingerprint density at radius 2 is 2.00 bits per heavy atom. The van der Waals surface area contributed by atoms with Crippen LogP contribution in [-0.2, 0) is 18.6 Å². The van der Waals surface area contributed by atoms with Gasteiger partial charge in [0, 0.05) is 25.4 Å². The molecule has 1 unspecified atom stereocenters. The van der Waals surface area contributed by atoms with Crippen molar-refractivity contribution in [2.75, 3.05) is 0 Å². The lowest BCUT2D eigenvalue weighted by molar-refractivity contribution is 0.0545. The minimum absolute atomic E-state index is 0.524. The standard InChI is InChI=1S/C16H22N2O/c1-5-18-9-8-17-15(18)11-16(4,19)14-7-6-12(2)13(3)10-14/h6-10,19H,5,11H2,1-4H3. The molecular formula is C16H22N2O. The molecule has 0 saturated heterocycles. The van der Waals surface area contributed by atoms with Crippen LogP contribution < -0.4 is 0 Å². The molecule has 1 aromatic carbocycles. The van der Waals surface area contributed by atoms with Crippen molar-refractivity contribution in [1.29, 1.82) is 0 Å². The molecule has 3 nitrogen and oxygen atoms in total. The van der Waals surface area contributed by atoms with Gasteiger partial charge in [0.2, 0.25) is 0 Å². The molecule has 0 saturated carbocycles. The number of hydrogen-bond acceptors (Lipinski definition) is 2. The van der Waals surface area contributed by atoms with Gasteiger partial charge in [-0.2, -0.15) is 0 Å². The summed E-state index contributed by atoms with van der Waals surface area (Å²) >= 11 is 0. The van der Waals surface area contributed by atoms with Crippen LogP contribution in [0.4, 0.5) is 0 Å². The van der Waals surface area contributed by atoms with Crippen molar-refractivity contribution in [3.63, 3.8) is 0 Å². The van der Waals surface area contributed by atoms with Crippen LogP contribution in [0.25, 0.3) is 0 Å². The SMILES string of the molecule is CCn1ccnc1CC(C)(O)c1ccc(C)c(C)c1. The van der Waals surface area contributed by atoms with Crippen LogP contribution in [0.15, 0.2) is 30.6 Å². The minimum atomic E-state index is -0.892. The number of nitrogens with zero attached hydrogens (tertiary/aromatic N) is 2. The number of rotatable bonds is 4. The van der Waals surface area contributed by atoms with Crippen molar-refractivity contribution in [3.8, 4) is 0 Å². The van der Waals surface area contributed by atoms with Crippen LogP contribution >= 0.6 is 0 Å². The van der Waals surface area contributed by atoms with Crippen molar-refractivity contribution in [2.45, 2.75) is 46.3 Å². The molecule has 0 radical (unpaired) electrons. The number of aryl methyl sites for hydroxylation is 3. The molecule has 2 aromatic rings. The topological polar surface area (TPSA) is 38.0 Å². The summed E-state index contributed by atoms with van der Waals surface area (Å²) in [5.41, 5.74) is 2.50. The number of hydrogen-bond donors (Lipinski definition) is 1. The van der Waals surface area contributed by atoms with Crippen LogP contribution in [0.2, 0.25) is 0 Å². The van der Waals surface area contributed by atoms with Crippen LogP contribution in [0, 0.1) is 13.8 Å². The predicted molar refractivity (Wildman–Crippen MR) is 77.1 cm³/mol. The van der Waals surface area contributed by atoms with E-state index >= 15 is 0 Å². The van der Waals surface area contributed by atoms with Gasteiger partial charge in [0.05, 0.1) is 5.60 Å². The molecule has 0 fully saturated rings. The molecule has 1 heterocycles. The van der Waals surface area contributed by atoms with E-state index in [0.717, 1.165) is 17.9 Å². The summed E-state index contributed by atoms with van der Waals surface area (Å²) in [7, 11) is 0. The molecule has 0 bridgehead atoms. The molecule has 0 aliphatic carbocycles. The molecule has 0 spiro atoms. The van der Waals surface area contributed by atoms with Gasteiger partial charge in [0.25, 0.3) is 0 Å². The fraction of sp³-hybridized carbons (Fsp3) is 0.438. The summed E-state index contributed by atoms with van der Waals surface area (Å²) < 4.78 is 2.06. The number of benzene rings is 1. The highest BCUT2D eigenvalue weighted by Crippen LogP contribution is 2.26. The molecule has 102 valence electrons. The monoisotopic (exact) mass is 258 g/mol. The second-order valence-electron chi connectivity index (χ2n) is 5.38. The second kappa shape index (κ2) is 5.17. The first-order chi connectivity index (χ1) is 8.94.